The average molecular weight is 478 g/mol. The Morgan fingerprint density at radius 2 is 1.81 bits per heavy atom. The summed E-state index contributed by atoms with van der Waals surface area (Å²) in [5.74, 6) is -0.944. The molecule has 0 radical (unpaired) electrons. The van der Waals surface area contributed by atoms with Gasteiger partial charge in [0.05, 0.1) is 12.2 Å². The molecule has 0 saturated carbocycles. The standard InChI is InChI=1S/C31H31N3O2/c1-4-22-7-13-28(14-8-22)34-21(2)17-26-18-25(27-19-32-33(3)20-27)12-15-29(26)31(34)24-10-5-23(6-11-24)9-16-30(35)36/h5-16,18-21,31H,4,17H2,1-3H3,(H,35,36)/b16-9+/t21-,31-/m1/s1. The number of carbonyl (C=O) groups is 1. The zero-order chi connectivity index (χ0) is 25.2. The predicted octanol–water partition coefficient (Wildman–Crippen LogP) is 6.29. The Balaban J connectivity index is 1.60. The van der Waals surface area contributed by atoms with Gasteiger partial charge in [-0.1, -0.05) is 61.5 Å². The predicted molar refractivity (Wildman–Crippen MR) is 145 cm³/mol. The summed E-state index contributed by atoms with van der Waals surface area (Å²) < 4.78 is 1.84. The lowest BCUT2D eigenvalue weighted by molar-refractivity contribution is -0.131. The van der Waals surface area contributed by atoms with Crippen LogP contribution in [0.5, 0.6) is 0 Å². The topological polar surface area (TPSA) is 58.4 Å². The van der Waals surface area contributed by atoms with Crippen molar-refractivity contribution in [3.8, 4) is 11.1 Å². The van der Waals surface area contributed by atoms with E-state index in [0.717, 1.165) is 24.0 Å². The third-order valence-corrected chi connectivity index (χ3v) is 7.06. The summed E-state index contributed by atoms with van der Waals surface area (Å²) in [5, 5.41) is 13.3. The number of anilines is 1. The molecular weight excluding hydrogens is 446 g/mol. The Morgan fingerprint density at radius 3 is 2.44 bits per heavy atom. The molecule has 0 aliphatic carbocycles. The lowest BCUT2D eigenvalue weighted by atomic mass is 9.83. The maximum atomic E-state index is 10.9. The van der Waals surface area contributed by atoms with Gasteiger partial charge in [-0.3, -0.25) is 4.68 Å². The van der Waals surface area contributed by atoms with Crippen molar-refractivity contribution in [1.29, 1.82) is 0 Å². The second-order valence-electron chi connectivity index (χ2n) is 9.54. The lowest BCUT2D eigenvalue weighted by Crippen LogP contribution is -2.42. The van der Waals surface area contributed by atoms with Crippen molar-refractivity contribution < 1.29 is 9.90 Å². The molecule has 36 heavy (non-hydrogen) atoms. The van der Waals surface area contributed by atoms with Gasteiger partial charge in [-0.05, 0) is 71.4 Å². The van der Waals surface area contributed by atoms with Crippen LogP contribution < -0.4 is 4.90 Å². The SMILES string of the molecule is CCc1ccc(N2[C@H](c3ccc(/C=C/C(=O)O)cc3)c3ccc(-c4cnn(C)c4)cc3C[C@H]2C)cc1. The number of carboxylic acids is 1. The number of hydrogen-bond donors (Lipinski definition) is 1. The molecule has 1 aliphatic heterocycles. The Kier molecular flexibility index (Phi) is 6.47. The molecule has 1 aromatic heterocycles. The minimum atomic E-state index is -0.944. The highest BCUT2D eigenvalue weighted by Crippen LogP contribution is 2.42. The van der Waals surface area contributed by atoms with Gasteiger partial charge in [-0.2, -0.15) is 5.10 Å². The highest BCUT2D eigenvalue weighted by Gasteiger charge is 2.33. The van der Waals surface area contributed by atoms with E-state index in [1.54, 1.807) is 6.08 Å². The first-order chi connectivity index (χ1) is 17.4. The summed E-state index contributed by atoms with van der Waals surface area (Å²) >= 11 is 0. The van der Waals surface area contributed by atoms with Gasteiger partial charge in [-0.15, -0.1) is 0 Å². The van der Waals surface area contributed by atoms with Gasteiger partial charge in [0.25, 0.3) is 0 Å². The number of rotatable bonds is 6. The summed E-state index contributed by atoms with van der Waals surface area (Å²) in [5.41, 5.74) is 9.55. The van der Waals surface area contributed by atoms with Crippen LogP contribution in [0.1, 0.15) is 47.7 Å². The van der Waals surface area contributed by atoms with Crippen molar-refractivity contribution in [2.45, 2.75) is 38.8 Å². The van der Waals surface area contributed by atoms with Gasteiger partial charge in [-0.25, -0.2) is 4.79 Å². The zero-order valence-electron chi connectivity index (χ0n) is 20.9. The van der Waals surface area contributed by atoms with Gasteiger partial charge in [0.15, 0.2) is 0 Å². The van der Waals surface area contributed by atoms with Gasteiger partial charge >= 0.3 is 5.97 Å². The number of aryl methyl sites for hydroxylation is 2. The molecule has 182 valence electrons. The van der Waals surface area contributed by atoms with Crippen LogP contribution in [0, 0.1) is 0 Å². The smallest absolute Gasteiger partial charge is 0.328 e. The zero-order valence-corrected chi connectivity index (χ0v) is 20.9. The molecule has 5 heteroatoms. The quantitative estimate of drug-likeness (QED) is 0.332. The fourth-order valence-electron chi connectivity index (χ4n) is 5.22. The van der Waals surface area contributed by atoms with Crippen LogP contribution in [0.15, 0.2) is 85.2 Å². The molecule has 5 nitrogen and oxygen atoms in total. The van der Waals surface area contributed by atoms with Crippen LogP contribution in [0.25, 0.3) is 17.2 Å². The minimum Gasteiger partial charge on any atom is -0.478 e. The summed E-state index contributed by atoms with van der Waals surface area (Å²) in [6, 6.07) is 24.3. The number of fused-ring (bicyclic) bond motifs is 1. The number of nitrogens with zero attached hydrogens (tertiary/aromatic N) is 3. The second-order valence-corrected chi connectivity index (χ2v) is 9.54. The third-order valence-electron chi connectivity index (χ3n) is 7.06. The van der Waals surface area contributed by atoms with Crippen molar-refractivity contribution in [3.63, 3.8) is 0 Å². The van der Waals surface area contributed by atoms with E-state index in [1.807, 2.05) is 30.1 Å². The Hall–Kier alpha value is -4.12. The third kappa shape index (κ3) is 4.69. The molecule has 0 unspecified atom stereocenters. The molecule has 3 aromatic carbocycles. The molecule has 1 aliphatic rings. The van der Waals surface area contributed by atoms with Crippen LogP contribution in [0.2, 0.25) is 0 Å². The van der Waals surface area contributed by atoms with Crippen LogP contribution in [-0.4, -0.2) is 26.9 Å². The van der Waals surface area contributed by atoms with Crippen LogP contribution >= 0.6 is 0 Å². The van der Waals surface area contributed by atoms with Crippen LogP contribution in [0.4, 0.5) is 5.69 Å². The van der Waals surface area contributed by atoms with E-state index >= 15 is 0 Å². The molecule has 0 fully saturated rings. The largest absolute Gasteiger partial charge is 0.478 e. The van der Waals surface area contributed by atoms with E-state index in [1.165, 1.54) is 39.6 Å². The average Bonchev–Trinajstić information content (AvgIpc) is 3.33. The maximum absolute atomic E-state index is 10.9. The van der Waals surface area contributed by atoms with Gasteiger partial charge in [0.2, 0.25) is 0 Å². The fourth-order valence-corrected chi connectivity index (χ4v) is 5.22. The van der Waals surface area contributed by atoms with Crippen molar-refractivity contribution in [3.05, 3.63) is 113 Å². The van der Waals surface area contributed by atoms with E-state index in [4.69, 9.17) is 5.11 Å². The first-order valence-corrected chi connectivity index (χ1v) is 12.4. The molecule has 2 heterocycles. The van der Waals surface area contributed by atoms with E-state index in [2.05, 4.69) is 84.6 Å². The number of aromatic nitrogens is 2. The normalized spacial score (nSPS) is 17.4. The first-order valence-electron chi connectivity index (χ1n) is 12.4. The van der Waals surface area contributed by atoms with Gasteiger partial charge < -0.3 is 10.0 Å². The number of carboxylic acid groups (broad SMARTS) is 1. The van der Waals surface area contributed by atoms with E-state index in [-0.39, 0.29) is 6.04 Å². The number of hydrogen-bond acceptors (Lipinski definition) is 3. The van der Waals surface area contributed by atoms with Gasteiger partial charge in [0, 0.05) is 36.6 Å². The molecule has 0 bridgehead atoms. The number of benzene rings is 3. The van der Waals surface area contributed by atoms with E-state index < -0.39 is 5.97 Å². The van der Waals surface area contributed by atoms with Gasteiger partial charge in [0.1, 0.15) is 0 Å². The monoisotopic (exact) mass is 477 g/mol. The Morgan fingerprint density at radius 1 is 1.06 bits per heavy atom. The fraction of sp³-hybridized carbons (Fsp3) is 0.226. The summed E-state index contributed by atoms with van der Waals surface area (Å²) in [6.07, 6.45) is 8.74. The van der Waals surface area contributed by atoms with Crippen molar-refractivity contribution in [2.24, 2.45) is 7.05 Å². The number of aliphatic carboxylic acids is 1. The highest BCUT2D eigenvalue weighted by molar-refractivity contribution is 5.85. The van der Waals surface area contributed by atoms with E-state index in [0.29, 0.717) is 6.04 Å². The maximum Gasteiger partial charge on any atom is 0.328 e. The molecule has 0 spiro atoms. The van der Waals surface area contributed by atoms with E-state index in [9.17, 15) is 4.79 Å². The van der Waals surface area contributed by atoms with Crippen LogP contribution in [-0.2, 0) is 24.7 Å². The molecule has 1 N–H and O–H groups in total. The van der Waals surface area contributed by atoms with Crippen LogP contribution in [0.3, 0.4) is 0 Å². The Labute approximate surface area is 212 Å². The highest BCUT2D eigenvalue weighted by atomic mass is 16.4. The minimum absolute atomic E-state index is 0.0525. The van der Waals surface area contributed by atoms with Crippen molar-refractivity contribution in [2.75, 3.05) is 4.90 Å². The first kappa shape index (κ1) is 23.6. The summed E-state index contributed by atoms with van der Waals surface area (Å²) in [6.45, 7) is 4.47. The second kappa shape index (κ2) is 9.86. The lowest BCUT2D eigenvalue weighted by Gasteiger charge is -2.44. The Bertz CT molecular complexity index is 1400. The molecule has 2 atom stereocenters. The van der Waals surface area contributed by atoms with Crippen molar-refractivity contribution >= 4 is 17.7 Å². The molecule has 0 amide bonds. The molecule has 5 rings (SSSR count). The summed E-state index contributed by atoms with van der Waals surface area (Å²) in [7, 11) is 1.94. The molecule has 4 aromatic rings. The summed E-state index contributed by atoms with van der Waals surface area (Å²) in [4.78, 5) is 13.5. The van der Waals surface area contributed by atoms with Crippen molar-refractivity contribution in [1.82, 2.24) is 9.78 Å². The molecular formula is C31H31N3O2. The molecule has 0 saturated heterocycles.